The van der Waals surface area contributed by atoms with Crippen molar-refractivity contribution in [1.82, 2.24) is 9.80 Å². The van der Waals surface area contributed by atoms with Crippen LogP contribution in [0.15, 0.2) is 4.90 Å². The molecule has 2 aliphatic rings. The summed E-state index contributed by atoms with van der Waals surface area (Å²) in [6, 6.07) is 0. The lowest BCUT2D eigenvalue weighted by Crippen LogP contribution is -2.45. The molecule has 1 aromatic rings. The van der Waals surface area contributed by atoms with Crippen LogP contribution in [0.2, 0.25) is 0 Å². The summed E-state index contributed by atoms with van der Waals surface area (Å²) in [6.45, 7) is 6.25. The molecule has 0 spiro atoms. The van der Waals surface area contributed by atoms with Gasteiger partial charge in [-0.15, -0.1) is 0 Å². The number of aromatic carboxylic acids is 1. The third-order valence-electron chi connectivity index (χ3n) is 5.15. The van der Waals surface area contributed by atoms with E-state index >= 15 is 0 Å². The predicted molar refractivity (Wildman–Crippen MR) is 102 cm³/mol. The Morgan fingerprint density at radius 3 is 1.67 bits per heavy atom. The van der Waals surface area contributed by atoms with Gasteiger partial charge >= 0.3 is 5.97 Å². The lowest BCUT2D eigenvalue weighted by atomic mass is 9.92. The van der Waals surface area contributed by atoms with Crippen LogP contribution < -0.4 is 9.80 Å². The van der Waals surface area contributed by atoms with Crippen molar-refractivity contribution in [2.45, 2.75) is 31.8 Å². The average Bonchev–Trinajstić information content (AvgIpc) is 2.56. The van der Waals surface area contributed by atoms with E-state index < -0.39 is 16.1 Å². The van der Waals surface area contributed by atoms with E-state index in [4.69, 9.17) is 0 Å². The Labute approximate surface area is 159 Å². The van der Waals surface area contributed by atoms with E-state index in [1.54, 1.807) is 9.80 Å². The zero-order chi connectivity index (χ0) is 20.1. The van der Waals surface area contributed by atoms with Gasteiger partial charge in [-0.25, -0.2) is 4.79 Å². The zero-order valence-electron chi connectivity index (χ0n) is 16.1. The first-order valence-electron chi connectivity index (χ1n) is 8.89. The number of carboxylic acid groups (broad SMARTS) is 1. The van der Waals surface area contributed by atoms with Crippen LogP contribution in [0.25, 0.3) is 0 Å². The number of hydrogen-bond acceptors (Lipinski definition) is 7. The molecule has 150 valence electrons. The van der Waals surface area contributed by atoms with Crippen molar-refractivity contribution >= 4 is 27.5 Å². The van der Waals surface area contributed by atoms with Gasteiger partial charge in [0.2, 0.25) is 0 Å². The Balaban J connectivity index is 2.52. The minimum absolute atomic E-state index is 0.141. The standard InChI is InChI=1S/C17H26N4O5S/c1-5-20-9-18(3)7-11-13(17(22)23)12-8-19(4)10-21(6-2)15(12)16(14(11)20)27(24,25)26/h5-10H2,1-4H3,(H,22,23)(H,24,25,26). The van der Waals surface area contributed by atoms with E-state index in [1.165, 1.54) is 0 Å². The molecular weight excluding hydrogens is 372 g/mol. The summed E-state index contributed by atoms with van der Waals surface area (Å²) in [5, 5.41) is 9.99. The molecule has 0 aromatic heterocycles. The second-order valence-electron chi connectivity index (χ2n) is 7.16. The van der Waals surface area contributed by atoms with Crippen LogP contribution in [0.3, 0.4) is 0 Å². The lowest BCUT2D eigenvalue weighted by Gasteiger charge is -2.43. The number of anilines is 2. The summed E-state index contributed by atoms with van der Waals surface area (Å²) in [5.74, 6) is -1.08. The number of hydrogen-bond donors (Lipinski definition) is 2. The highest BCUT2D eigenvalue weighted by molar-refractivity contribution is 7.86. The van der Waals surface area contributed by atoms with Crippen LogP contribution in [0.5, 0.6) is 0 Å². The van der Waals surface area contributed by atoms with Crippen LogP contribution in [-0.2, 0) is 23.2 Å². The summed E-state index contributed by atoms with van der Waals surface area (Å²) in [6.07, 6.45) is 0. The van der Waals surface area contributed by atoms with E-state index in [0.717, 1.165) is 0 Å². The molecule has 2 heterocycles. The van der Waals surface area contributed by atoms with Gasteiger partial charge in [-0.3, -0.25) is 14.4 Å². The first-order valence-corrected chi connectivity index (χ1v) is 10.3. The van der Waals surface area contributed by atoms with Crippen molar-refractivity contribution in [2.75, 3.05) is 50.3 Å². The third kappa shape index (κ3) is 3.27. The fraction of sp³-hybridized carbons (Fsp3) is 0.588. The Morgan fingerprint density at radius 1 is 0.963 bits per heavy atom. The summed E-state index contributed by atoms with van der Waals surface area (Å²) in [5.41, 5.74) is 1.66. The second kappa shape index (κ2) is 6.93. The summed E-state index contributed by atoms with van der Waals surface area (Å²) >= 11 is 0. The van der Waals surface area contributed by atoms with Crippen molar-refractivity contribution in [1.29, 1.82) is 0 Å². The topological polar surface area (TPSA) is 105 Å². The molecule has 2 aliphatic heterocycles. The third-order valence-corrected chi connectivity index (χ3v) is 6.06. The normalized spacial score (nSPS) is 18.4. The number of benzene rings is 1. The van der Waals surface area contributed by atoms with Gasteiger partial charge in [-0.2, -0.15) is 8.42 Å². The molecule has 0 bridgehead atoms. The molecule has 0 saturated carbocycles. The Kier molecular flexibility index (Phi) is 5.10. The second-order valence-corrected chi connectivity index (χ2v) is 8.52. The van der Waals surface area contributed by atoms with Gasteiger partial charge in [0.1, 0.15) is 4.90 Å². The number of carboxylic acids is 1. The zero-order valence-corrected chi connectivity index (χ0v) is 16.9. The van der Waals surface area contributed by atoms with Gasteiger partial charge in [-0.1, -0.05) is 0 Å². The van der Waals surface area contributed by atoms with Crippen LogP contribution in [0.1, 0.15) is 35.3 Å². The van der Waals surface area contributed by atoms with E-state index in [9.17, 15) is 22.9 Å². The highest BCUT2D eigenvalue weighted by atomic mass is 32.2. The van der Waals surface area contributed by atoms with E-state index in [-0.39, 0.29) is 10.5 Å². The lowest BCUT2D eigenvalue weighted by molar-refractivity contribution is 0.0691. The highest BCUT2D eigenvalue weighted by Crippen LogP contribution is 2.46. The molecule has 1 aromatic carbocycles. The minimum Gasteiger partial charge on any atom is -0.478 e. The van der Waals surface area contributed by atoms with Crippen LogP contribution in [0.4, 0.5) is 11.4 Å². The van der Waals surface area contributed by atoms with Gasteiger partial charge in [-0.05, 0) is 27.9 Å². The smallest absolute Gasteiger partial charge is 0.336 e. The Bertz CT molecular complexity index is 839. The molecule has 2 N–H and O–H groups in total. The number of carbonyl (C=O) groups is 1. The number of fused-ring (bicyclic) bond motifs is 2. The van der Waals surface area contributed by atoms with Crippen LogP contribution in [0, 0.1) is 0 Å². The van der Waals surface area contributed by atoms with Crippen molar-refractivity contribution in [3.63, 3.8) is 0 Å². The van der Waals surface area contributed by atoms with E-state index in [2.05, 4.69) is 0 Å². The fourth-order valence-corrected chi connectivity index (χ4v) is 5.16. The maximum atomic E-state index is 12.5. The monoisotopic (exact) mass is 398 g/mol. The predicted octanol–water partition coefficient (Wildman–Crippen LogP) is 1.09. The molecule has 3 rings (SSSR count). The molecule has 9 nitrogen and oxygen atoms in total. The molecule has 27 heavy (non-hydrogen) atoms. The van der Waals surface area contributed by atoms with Gasteiger partial charge in [0.05, 0.1) is 30.3 Å². The molecule has 10 heteroatoms. The van der Waals surface area contributed by atoms with E-state index in [0.29, 0.717) is 62.0 Å². The molecule has 0 atom stereocenters. The summed E-state index contributed by atoms with van der Waals surface area (Å²) in [7, 11) is -0.852. The SMILES string of the molecule is CCN1CN(C)Cc2c(C(=O)O)c3c(c(S(=O)(=O)O)c21)N(CC)CN(C)C3. The Hall–Kier alpha value is -1.88. The van der Waals surface area contributed by atoms with Gasteiger partial charge in [0.25, 0.3) is 10.1 Å². The number of rotatable bonds is 4. The number of nitrogens with zero attached hydrogens (tertiary/aromatic N) is 4. The molecule has 0 saturated heterocycles. The molecule has 0 aliphatic carbocycles. The highest BCUT2D eigenvalue weighted by Gasteiger charge is 2.40. The molecule has 0 amide bonds. The maximum Gasteiger partial charge on any atom is 0.336 e. The molecular formula is C17H26N4O5S. The molecule has 0 unspecified atom stereocenters. The van der Waals surface area contributed by atoms with Crippen molar-refractivity contribution in [3.8, 4) is 0 Å². The van der Waals surface area contributed by atoms with Gasteiger partial charge in [0.15, 0.2) is 0 Å². The largest absolute Gasteiger partial charge is 0.478 e. The van der Waals surface area contributed by atoms with Crippen molar-refractivity contribution in [2.24, 2.45) is 0 Å². The molecule has 0 radical (unpaired) electrons. The first kappa shape index (κ1) is 19.9. The van der Waals surface area contributed by atoms with E-state index in [1.807, 2.05) is 37.7 Å². The average molecular weight is 398 g/mol. The van der Waals surface area contributed by atoms with Crippen LogP contribution in [-0.4, -0.2) is 74.4 Å². The first-order chi connectivity index (χ1) is 12.6. The van der Waals surface area contributed by atoms with Gasteiger partial charge < -0.3 is 14.9 Å². The Morgan fingerprint density at radius 2 is 1.37 bits per heavy atom. The quantitative estimate of drug-likeness (QED) is 0.721. The van der Waals surface area contributed by atoms with Crippen molar-refractivity contribution < 1.29 is 22.9 Å². The minimum atomic E-state index is -4.56. The summed E-state index contributed by atoms with van der Waals surface area (Å²) in [4.78, 5) is 19.5. The molecule has 0 fully saturated rings. The maximum absolute atomic E-state index is 12.5. The summed E-state index contributed by atoms with van der Waals surface area (Å²) < 4.78 is 35.1. The van der Waals surface area contributed by atoms with Crippen molar-refractivity contribution in [3.05, 3.63) is 16.7 Å². The fourth-order valence-electron chi connectivity index (χ4n) is 4.16. The van der Waals surface area contributed by atoms with Crippen LogP contribution >= 0.6 is 0 Å². The van der Waals surface area contributed by atoms with Gasteiger partial charge in [0, 0.05) is 37.3 Å².